The second kappa shape index (κ2) is 4.52. The van der Waals surface area contributed by atoms with Crippen LogP contribution in [0, 0.1) is 6.07 Å². The Labute approximate surface area is 89.9 Å². The Kier molecular flexibility index (Phi) is 3.54. The molecule has 0 saturated carbocycles. The second-order valence-corrected chi connectivity index (χ2v) is 3.15. The zero-order chi connectivity index (χ0) is 12.3. The van der Waals surface area contributed by atoms with E-state index in [1.165, 1.54) is 6.92 Å². The molecule has 0 aliphatic carbocycles. The average Bonchev–Trinajstić information content (AvgIpc) is 2.16. The van der Waals surface area contributed by atoms with Crippen molar-refractivity contribution in [2.24, 2.45) is 0 Å². The predicted octanol–water partition coefficient (Wildman–Crippen LogP) is 1.82. The number of hydrogen-bond donors (Lipinski definition) is 2. The Hall–Kier alpha value is -1.56. The summed E-state index contributed by atoms with van der Waals surface area (Å²) in [5, 5.41) is 11.0. The van der Waals surface area contributed by atoms with Crippen LogP contribution in [0.5, 0.6) is 0 Å². The number of aliphatic hydroxyl groups excluding tert-OH is 1. The third-order valence-electron chi connectivity index (χ3n) is 1.77. The molecule has 1 rings (SSSR count). The van der Waals surface area contributed by atoms with E-state index >= 15 is 0 Å². The van der Waals surface area contributed by atoms with Crippen molar-refractivity contribution in [3.05, 3.63) is 29.8 Å². The lowest BCUT2D eigenvalue weighted by Crippen LogP contribution is -2.24. The molecule has 0 aliphatic heterocycles. The summed E-state index contributed by atoms with van der Waals surface area (Å²) in [4.78, 5) is 11.0. The van der Waals surface area contributed by atoms with Crippen LogP contribution >= 0.6 is 0 Å². The summed E-state index contributed by atoms with van der Waals surface area (Å²) in [7, 11) is 0. The molecule has 1 unspecified atom stereocenters. The molecule has 0 heterocycles. The van der Waals surface area contributed by atoms with Crippen molar-refractivity contribution in [3.8, 4) is 0 Å². The van der Waals surface area contributed by atoms with Gasteiger partial charge in [-0.25, -0.2) is 0 Å². The highest BCUT2D eigenvalue weighted by Crippen LogP contribution is 2.30. The van der Waals surface area contributed by atoms with Crippen molar-refractivity contribution in [1.82, 2.24) is 0 Å². The monoisotopic (exact) mass is 232 g/mol. The van der Waals surface area contributed by atoms with E-state index in [0.717, 1.165) is 18.2 Å². The van der Waals surface area contributed by atoms with Gasteiger partial charge in [-0.1, -0.05) is 6.07 Å². The minimum Gasteiger partial charge on any atom is -0.384 e. The number of nitrogens with one attached hydrogen (secondary N) is 1. The van der Waals surface area contributed by atoms with Crippen molar-refractivity contribution in [2.45, 2.75) is 19.2 Å². The average molecular weight is 232 g/mol. The molecule has 1 amide bonds. The predicted molar refractivity (Wildman–Crippen MR) is 50.6 cm³/mol. The fourth-order valence-electron chi connectivity index (χ4n) is 0.952. The molecule has 1 aromatic carbocycles. The molecule has 0 spiro atoms. The van der Waals surface area contributed by atoms with Crippen molar-refractivity contribution in [2.75, 3.05) is 5.32 Å². The number of anilines is 1. The number of carbonyl (C=O) groups is 1. The molecule has 1 radical (unpaired) electrons. The van der Waals surface area contributed by atoms with Crippen molar-refractivity contribution >= 4 is 11.6 Å². The number of carbonyl (C=O) groups excluding carboxylic acids is 1. The smallest absolute Gasteiger partial charge is 0.384 e. The molecule has 6 heteroatoms. The summed E-state index contributed by atoms with van der Waals surface area (Å²) in [6, 6.07) is 5.08. The Morgan fingerprint density at radius 1 is 1.56 bits per heavy atom. The van der Waals surface area contributed by atoms with E-state index in [2.05, 4.69) is 11.4 Å². The third kappa shape index (κ3) is 3.23. The van der Waals surface area contributed by atoms with Crippen molar-refractivity contribution in [1.29, 1.82) is 0 Å². The third-order valence-corrected chi connectivity index (χ3v) is 1.77. The number of hydrogen-bond acceptors (Lipinski definition) is 2. The van der Waals surface area contributed by atoms with Crippen LogP contribution in [0.4, 0.5) is 18.9 Å². The van der Waals surface area contributed by atoms with Crippen LogP contribution < -0.4 is 5.32 Å². The summed E-state index contributed by atoms with van der Waals surface area (Å²) < 4.78 is 36.9. The number of benzene rings is 1. The minimum absolute atomic E-state index is 0.124. The zero-order valence-electron chi connectivity index (χ0n) is 8.30. The Balaban J connectivity index is 2.88. The molecule has 0 aliphatic rings. The van der Waals surface area contributed by atoms with Gasteiger partial charge in [0.25, 0.3) is 5.91 Å². The number of aliphatic hydroxyl groups is 1. The van der Waals surface area contributed by atoms with Crippen LogP contribution in [0.3, 0.4) is 0 Å². The molecule has 3 nitrogen and oxygen atoms in total. The Morgan fingerprint density at radius 2 is 2.19 bits per heavy atom. The summed E-state index contributed by atoms with van der Waals surface area (Å²) in [6.07, 6.45) is -5.76. The highest BCUT2D eigenvalue weighted by atomic mass is 19.4. The first-order chi connectivity index (χ1) is 7.30. The second-order valence-electron chi connectivity index (χ2n) is 3.15. The van der Waals surface area contributed by atoms with Crippen LogP contribution in [0.15, 0.2) is 18.2 Å². The molecule has 2 N–H and O–H groups in total. The molecule has 87 valence electrons. The van der Waals surface area contributed by atoms with E-state index in [1.807, 2.05) is 0 Å². The minimum atomic E-state index is -4.47. The van der Waals surface area contributed by atoms with Gasteiger partial charge in [-0.2, -0.15) is 13.2 Å². The van der Waals surface area contributed by atoms with Gasteiger partial charge in [-0.15, -0.1) is 0 Å². The van der Waals surface area contributed by atoms with Gasteiger partial charge in [0.1, 0.15) is 6.10 Å². The number of amides is 1. The molecule has 16 heavy (non-hydrogen) atoms. The number of halogens is 3. The Morgan fingerprint density at radius 3 is 2.69 bits per heavy atom. The van der Waals surface area contributed by atoms with Gasteiger partial charge in [0, 0.05) is 11.8 Å². The van der Waals surface area contributed by atoms with Gasteiger partial charge in [0.2, 0.25) is 0 Å². The summed E-state index contributed by atoms with van der Waals surface area (Å²) >= 11 is 0. The van der Waals surface area contributed by atoms with Crippen molar-refractivity contribution < 1.29 is 23.1 Å². The van der Waals surface area contributed by atoms with E-state index in [0.29, 0.717) is 0 Å². The number of alkyl halides is 3. The number of rotatable bonds is 2. The first kappa shape index (κ1) is 12.5. The van der Waals surface area contributed by atoms with Gasteiger partial charge in [-0.05, 0) is 19.1 Å². The van der Waals surface area contributed by atoms with Crippen LogP contribution in [-0.2, 0) is 11.0 Å². The van der Waals surface area contributed by atoms with E-state index in [4.69, 9.17) is 5.11 Å². The molecule has 0 aromatic heterocycles. The van der Waals surface area contributed by atoms with E-state index in [1.54, 1.807) is 0 Å². The first-order valence-corrected chi connectivity index (χ1v) is 4.38. The normalized spacial score (nSPS) is 13.3. The van der Waals surface area contributed by atoms with Gasteiger partial charge in [0.05, 0.1) is 5.56 Å². The maximum Gasteiger partial charge on any atom is 0.416 e. The van der Waals surface area contributed by atoms with E-state index in [9.17, 15) is 18.0 Å². The van der Waals surface area contributed by atoms with Gasteiger partial charge in [0.15, 0.2) is 0 Å². The summed E-state index contributed by atoms with van der Waals surface area (Å²) in [6.45, 7) is 1.21. The largest absolute Gasteiger partial charge is 0.416 e. The van der Waals surface area contributed by atoms with Crippen LogP contribution in [0.2, 0.25) is 0 Å². The summed E-state index contributed by atoms with van der Waals surface area (Å²) in [5.41, 5.74) is -1.01. The van der Waals surface area contributed by atoms with Crippen LogP contribution in [0.25, 0.3) is 0 Å². The van der Waals surface area contributed by atoms with Gasteiger partial charge in [-0.3, -0.25) is 4.79 Å². The highest BCUT2D eigenvalue weighted by molar-refractivity contribution is 5.93. The molecule has 0 fully saturated rings. The topological polar surface area (TPSA) is 49.3 Å². The standard InChI is InChI=1S/C10H9F3NO2/c1-6(15)9(16)14-8-4-2-3-7(5-8)10(11,12)13/h2-3,5-6,15H,1H3,(H,14,16). The Bertz CT molecular complexity index is 388. The maximum atomic E-state index is 12.3. The van der Waals surface area contributed by atoms with Gasteiger partial charge >= 0.3 is 6.18 Å². The summed E-state index contributed by atoms with van der Waals surface area (Å²) in [5.74, 6) is -0.782. The fraction of sp³-hybridized carbons (Fsp3) is 0.300. The SMILES string of the molecule is CC(O)C(=O)Nc1[c]ccc(C(F)(F)F)c1. The zero-order valence-corrected chi connectivity index (χ0v) is 8.30. The van der Waals surface area contributed by atoms with E-state index in [-0.39, 0.29) is 5.69 Å². The molecular formula is C10H9F3NO2. The van der Waals surface area contributed by atoms with E-state index < -0.39 is 23.8 Å². The van der Waals surface area contributed by atoms with Gasteiger partial charge < -0.3 is 10.4 Å². The highest BCUT2D eigenvalue weighted by Gasteiger charge is 2.30. The molecular weight excluding hydrogens is 223 g/mol. The maximum absolute atomic E-state index is 12.3. The molecule has 0 saturated heterocycles. The molecule has 0 bridgehead atoms. The van der Waals surface area contributed by atoms with Crippen LogP contribution in [0.1, 0.15) is 12.5 Å². The van der Waals surface area contributed by atoms with Crippen molar-refractivity contribution in [3.63, 3.8) is 0 Å². The lowest BCUT2D eigenvalue weighted by molar-refractivity contribution is -0.137. The lowest BCUT2D eigenvalue weighted by atomic mass is 10.2. The quantitative estimate of drug-likeness (QED) is 0.817. The first-order valence-electron chi connectivity index (χ1n) is 4.38. The fourth-order valence-corrected chi connectivity index (χ4v) is 0.952. The van der Waals surface area contributed by atoms with Crippen LogP contribution in [-0.4, -0.2) is 17.1 Å². The lowest BCUT2D eigenvalue weighted by Gasteiger charge is -2.10. The molecule has 1 aromatic rings. The molecule has 1 atom stereocenters.